The number of hydrogen-bond donors (Lipinski definition) is 2. The van der Waals surface area contributed by atoms with E-state index < -0.39 is 0 Å². The summed E-state index contributed by atoms with van der Waals surface area (Å²) in [5.74, 6) is 0.729. The fourth-order valence-electron chi connectivity index (χ4n) is 0.334. The summed E-state index contributed by atoms with van der Waals surface area (Å²) in [5.41, 5.74) is 0. The molecule has 0 aromatic heterocycles. The van der Waals surface area contributed by atoms with Gasteiger partial charge in [-0.2, -0.15) is 5.26 Å². The standard InChI is InChI=1S/C5H9N3/c1-7-5(8-2)3-4-6/h3,7-8H,1-2H3. The molecule has 0 radical (unpaired) electrons. The van der Waals surface area contributed by atoms with Crippen LogP contribution in [0.4, 0.5) is 0 Å². The van der Waals surface area contributed by atoms with Crippen LogP contribution in [0.1, 0.15) is 0 Å². The molecule has 8 heavy (non-hydrogen) atoms. The molecule has 0 saturated carbocycles. The van der Waals surface area contributed by atoms with Crippen LogP contribution < -0.4 is 10.6 Å². The molecular weight excluding hydrogens is 102 g/mol. The van der Waals surface area contributed by atoms with E-state index in [0.717, 1.165) is 5.82 Å². The normalized spacial score (nSPS) is 6.62. The highest BCUT2D eigenvalue weighted by atomic mass is 15.0. The van der Waals surface area contributed by atoms with Crippen LogP contribution in [0, 0.1) is 11.3 Å². The molecule has 3 nitrogen and oxygen atoms in total. The Morgan fingerprint density at radius 2 is 2.00 bits per heavy atom. The summed E-state index contributed by atoms with van der Waals surface area (Å²) in [6.45, 7) is 0. The molecule has 0 spiro atoms. The molecule has 0 unspecified atom stereocenters. The zero-order valence-corrected chi connectivity index (χ0v) is 5.02. The van der Waals surface area contributed by atoms with Crippen molar-refractivity contribution < 1.29 is 0 Å². The summed E-state index contributed by atoms with van der Waals surface area (Å²) in [6, 6.07) is 1.88. The van der Waals surface area contributed by atoms with E-state index in [1.165, 1.54) is 6.08 Å². The minimum absolute atomic E-state index is 0.729. The smallest absolute Gasteiger partial charge is 0.109 e. The van der Waals surface area contributed by atoms with Crippen molar-refractivity contribution in [1.29, 1.82) is 5.26 Å². The van der Waals surface area contributed by atoms with E-state index in [9.17, 15) is 0 Å². The molecule has 0 heterocycles. The van der Waals surface area contributed by atoms with Crippen LogP contribution in [0.25, 0.3) is 0 Å². The molecule has 0 bridgehead atoms. The maximum absolute atomic E-state index is 8.09. The first-order valence-electron chi connectivity index (χ1n) is 2.30. The topological polar surface area (TPSA) is 47.9 Å². The number of nitriles is 1. The maximum atomic E-state index is 8.09. The van der Waals surface area contributed by atoms with Crippen LogP contribution >= 0.6 is 0 Å². The number of allylic oxidation sites excluding steroid dienone is 1. The van der Waals surface area contributed by atoms with Gasteiger partial charge in [0, 0.05) is 14.1 Å². The Hall–Kier alpha value is -1.17. The number of nitrogens with zero attached hydrogens (tertiary/aromatic N) is 1. The Morgan fingerprint density at radius 3 is 2.12 bits per heavy atom. The predicted molar refractivity (Wildman–Crippen MR) is 31.8 cm³/mol. The molecule has 0 fully saturated rings. The van der Waals surface area contributed by atoms with Crippen LogP contribution in [0.3, 0.4) is 0 Å². The van der Waals surface area contributed by atoms with Gasteiger partial charge in [0.15, 0.2) is 0 Å². The Morgan fingerprint density at radius 1 is 1.50 bits per heavy atom. The SMILES string of the molecule is CNC(=CC#N)NC. The minimum Gasteiger partial charge on any atom is -0.374 e. The van der Waals surface area contributed by atoms with Gasteiger partial charge in [0.2, 0.25) is 0 Å². The molecule has 0 aromatic rings. The van der Waals surface area contributed by atoms with Crippen molar-refractivity contribution in [1.82, 2.24) is 10.6 Å². The Labute approximate surface area is 49.0 Å². The van der Waals surface area contributed by atoms with Crippen LogP contribution in [0.2, 0.25) is 0 Å². The van der Waals surface area contributed by atoms with Gasteiger partial charge in [-0.1, -0.05) is 0 Å². The third-order valence-corrected chi connectivity index (χ3v) is 0.748. The zero-order chi connectivity index (χ0) is 6.41. The third-order valence-electron chi connectivity index (χ3n) is 0.748. The summed E-state index contributed by atoms with van der Waals surface area (Å²) >= 11 is 0. The summed E-state index contributed by atoms with van der Waals surface area (Å²) in [4.78, 5) is 0. The highest BCUT2D eigenvalue weighted by Crippen LogP contribution is 1.74. The molecule has 2 N–H and O–H groups in total. The minimum atomic E-state index is 0.729. The quantitative estimate of drug-likeness (QED) is 0.485. The second kappa shape index (κ2) is 4.00. The predicted octanol–water partition coefficient (Wildman–Crippen LogP) is -0.210. The van der Waals surface area contributed by atoms with Crippen molar-refractivity contribution >= 4 is 0 Å². The van der Waals surface area contributed by atoms with Gasteiger partial charge in [-0.15, -0.1) is 0 Å². The van der Waals surface area contributed by atoms with Gasteiger partial charge in [-0.3, -0.25) is 0 Å². The number of rotatable bonds is 2. The van der Waals surface area contributed by atoms with Crippen LogP contribution in [0.15, 0.2) is 11.9 Å². The van der Waals surface area contributed by atoms with Crippen LogP contribution in [0.5, 0.6) is 0 Å². The number of hydrogen-bond acceptors (Lipinski definition) is 3. The largest absolute Gasteiger partial charge is 0.374 e. The molecule has 0 aliphatic carbocycles. The summed E-state index contributed by atoms with van der Waals surface area (Å²) < 4.78 is 0. The lowest BCUT2D eigenvalue weighted by Gasteiger charge is -2.00. The molecule has 0 saturated heterocycles. The molecular formula is C5H9N3. The second-order valence-electron chi connectivity index (χ2n) is 1.19. The van der Waals surface area contributed by atoms with E-state index in [1.807, 2.05) is 6.07 Å². The van der Waals surface area contributed by atoms with Crippen molar-refractivity contribution in [3.05, 3.63) is 11.9 Å². The van der Waals surface area contributed by atoms with E-state index in [0.29, 0.717) is 0 Å². The highest BCUT2D eigenvalue weighted by molar-refractivity contribution is 5.08. The first-order valence-corrected chi connectivity index (χ1v) is 2.30. The average molecular weight is 111 g/mol. The van der Waals surface area contributed by atoms with E-state index in [-0.39, 0.29) is 0 Å². The molecule has 0 aliphatic rings. The Balaban J connectivity index is 3.72. The summed E-state index contributed by atoms with van der Waals surface area (Å²) in [6.07, 6.45) is 1.40. The molecule has 44 valence electrons. The molecule has 0 atom stereocenters. The van der Waals surface area contributed by atoms with E-state index in [4.69, 9.17) is 5.26 Å². The monoisotopic (exact) mass is 111 g/mol. The third kappa shape index (κ3) is 2.08. The van der Waals surface area contributed by atoms with Gasteiger partial charge in [-0.05, 0) is 0 Å². The highest BCUT2D eigenvalue weighted by Gasteiger charge is 1.80. The van der Waals surface area contributed by atoms with Gasteiger partial charge in [0.05, 0.1) is 12.1 Å². The zero-order valence-electron chi connectivity index (χ0n) is 5.02. The van der Waals surface area contributed by atoms with Crippen molar-refractivity contribution in [3.63, 3.8) is 0 Å². The number of nitrogens with one attached hydrogen (secondary N) is 2. The van der Waals surface area contributed by atoms with E-state index in [2.05, 4.69) is 10.6 Å². The van der Waals surface area contributed by atoms with Crippen molar-refractivity contribution in [2.75, 3.05) is 14.1 Å². The van der Waals surface area contributed by atoms with Crippen LogP contribution in [-0.2, 0) is 0 Å². The average Bonchev–Trinajstić information content (AvgIpc) is 1.83. The van der Waals surface area contributed by atoms with Crippen molar-refractivity contribution in [2.24, 2.45) is 0 Å². The van der Waals surface area contributed by atoms with Crippen molar-refractivity contribution in [3.8, 4) is 6.07 Å². The van der Waals surface area contributed by atoms with Gasteiger partial charge < -0.3 is 10.6 Å². The maximum Gasteiger partial charge on any atom is 0.109 e. The fourth-order valence-corrected chi connectivity index (χ4v) is 0.334. The van der Waals surface area contributed by atoms with E-state index in [1.54, 1.807) is 14.1 Å². The summed E-state index contributed by atoms with van der Waals surface area (Å²) in [5, 5.41) is 13.7. The first kappa shape index (κ1) is 6.83. The lowest BCUT2D eigenvalue weighted by Crippen LogP contribution is -2.18. The Kier molecular flexibility index (Phi) is 3.42. The van der Waals surface area contributed by atoms with Crippen molar-refractivity contribution in [2.45, 2.75) is 0 Å². The molecule has 3 heteroatoms. The molecule has 0 rings (SSSR count). The second-order valence-corrected chi connectivity index (χ2v) is 1.19. The molecule has 0 amide bonds. The first-order chi connectivity index (χ1) is 3.85. The fraction of sp³-hybridized carbons (Fsp3) is 0.400. The Bertz CT molecular complexity index is 114. The van der Waals surface area contributed by atoms with E-state index >= 15 is 0 Å². The molecule has 0 aromatic carbocycles. The summed E-state index contributed by atoms with van der Waals surface area (Å²) in [7, 11) is 3.50. The van der Waals surface area contributed by atoms with Gasteiger partial charge in [-0.25, -0.2) is 0 Å². The van der Waals surface area contributed by atoms with Crippen LogP contribution in [-0.4, -0.2) is 14.1 Å². The van der Waals surface area contributed by atoms with Gasteiger partial charge >= 0.3 is 0 Å². The van der Waals surface area contributed by atoms with Gasteiger partial charge in [0.1, 0.15) is 5.82 Å². The molecule has 0 aliphatic heterocycles. The lowest BCUT2D eigenvalue weighted by atomic mass is 10.6. The lowest BCUT2D eigenvalue weighted by molar-refractivity contribution is 0.838. The van der Waals surface area contributed by atoms with Gasteiger partial charge in [0.25, 0.3) is 0 Å².